The molecule has 0 spiro atoms. The highest BCUT2D eigenvalue weighted by Crippen LogP contribution is 2.26. The summed E-state index contributed by atoms with van der Waals surface area (Å²) >= 11 is 0. The number of carbonyl (C=O) groups excluding carboxylic acids is 1. The lowest BCUT2D eigenvalue weighted by Gasteiger charge is -2.32. The van der Waals surface area contributed by atoms with E-state index in [9.17, 15) is 9.18 Å². The van der Waals surface area contributed by atoms with Gasteiger partial charge in [-0.15, -0.1) is 12.4 Å². The van der Waals surface area contributed by atoms with Crippen molar-refractivity contribution in [2.24, 2.45) is 0 Å². The van der Waals surface area contributed by atoms with E-state index in [0.29, 0.717) is 26.2 Å². The molecular formula is C18H26ClFN2O2. The Kier molecular flexibility index (Phi) is 7.46. The van der Waals surface area contributed by atoms with E-state index in [1.807, 2.05) is 11.0 Å². The second-order valence-corrected chi connectivity index (χ2v) is 6.52. The Labute approximate surface area is 149 Å². The number of hydrogen-bond donors (Lipinski definition) is 1. The van der Waals surface area contributed by atoms with Gasteiger partial charge in [-0.1, -0.05) is 25.0 Å². The van der Waals surface area contributed by atoms with Gasteiger partial charge in [0.25, 0.3) is 0 Å². The van der Waals surface area contributed by atoms with Gasteiger partial charge in [-0.2, -0.15) is 0 Å². The average Bonchev–Trinajstić information content (AvgIpc) is 3.07. The van der Waals surface area contributed by atoms with Crippen LogP contribution in [0.15, 0.2) is 24.3 Å². The zero-order chi connectivity index (χ0) is 16.1. The molecule has 1 aliphatic carbocycles. The first-order valence-electron chi connectivity index (χ1n) is 8.57. The number of hydrogen-bond acceptors (Lipinski definition) is 3. The van der Waals surface area contributed by atoms with Crippen LogP contribution in [0.25, 0.3) is 0 Å². The van der Waals surface area contributed by atoms with E-state index >= 15 is 0 Å². The molecule has 1 heterocycles. The molecule has 1 atom stereocenters. The van der Waals surface area contributed by atoms with Gasteiger partial charge in [-0.25, -0.2) is 4.39 Å². The molecule has 2 aliphatic rings. The van der Waals surface area contributed by atoms with Crippen LogP contribution in [0.4, 0.5) is 4.39 Å². The van der Waals surface area contributed by atoms with Gasteiger partial charge in [-0.3, -0.25) is 4.79 Å². The lowest BCUT2D eigenvalue weighted by molar-refractivity contribution is -0.135. The second kappa shape index (κ2) is 9.35. The van der Waals surface area contributed by atoms with Gasteiger partial charge in [0.15, 0.2) is 0 Å². The summed E-state index contributed by atoms with van der Waals surface area (Å²) in [5.41, 5.74) is 0.859. The third-order valence-electron chi connectivity index (χ3n) is 4.75. The molecule has 1 unspecified atom stereocenters. The Morgan fingerprint density at radius 2 is 2.12 bits per heavy atom. The van der Waals surface area contributed by atoms with Crippen molar-refractivity contribution >= 4 is 18.3 Å². The number of nitrogens with one attached hydrogen (secondary N) is 1. The van der Waals surface area contributed by atoms with Crippen LogP contribution < -0.4 is 5.32 Å². The van der Waals surface area contributed by atoms with Gasteiger partial charge in [0.1, 0.15) is 5.82 Å². The van der Waals surface area contributed by atoms with Gasteiger partial charge in [0.05, 0.1) is 13.2 Å². The van der Waals surface area contributed by atoms with Crippen LogP contribution in [-0.4, -0.2) is 42.6 Å². The van der Waals surface area contributed by atoms with E-state index in [2.05, 4.69) is 5.32 Å². The fourth-order valence-electron chi connectivity index (χ4n) is 3.55. The predicted molar refractivity (Wildman–Crippen MR) is 93.7 cm³/mol. The highest BCUT2D eigenvalue weighted by molar-refractivity contribution is 5.85. The first kappa shape index (κ1) is 19.2. The SMILES string of the molecule is Cl.O=C(CC1COCCN1)N(Cc1cccc(F)c1)C1CCCC1. The maximum absolute atomic E-state index is 13.4. The summed E-state index contributed by atoms with van der Waals surface area (Å²) in [5, 5.41) is 3.34. The van der Waals surface area contributed by atoms with Crippen molar-refractivity contribution in [3.8, 4) is 0 Å². The highest BCUT2D eigenvalue weighted by atomic mass is 35.5. The third kappa shape index (κ3) is 5.16. The van der Waals surface area contributed by atoms with Crippen LogP contribution in [0, 0.1) is 5.82 Å². The number of halogens is 2. The van der Waals surface area contributed by atoms with E-state index in [-0.39, 0.29) is 36.2 Å². The molecule has 1 amide bonds. The van der Waals surface area contributed by atoms with Crippen LogP contribution >= 0.6 is 12.4 Å². The molecule has 3 rings (SSSR count). The number of benzene rings is 1. The van der Waals surface area contributed by atoms with E-state index in [4.69, 9.17) is 4.74 Å². The fraction of sp³-hybridized carbons (Fsp3) is 0.611. The lowest BCUT2D eigenvalue weighted by Crippen LogP contribution is -2.46. The molecule has 1 aliphatic heterocycles. The molecule has 1 N–H and O–H groups in total. The van der Waals surface area contributed by atoms with Crippen molar-refractivity contribution in [2.75, 3.05) is 19.8 Å². The molecule has 0 radical (unpaired) electrons. The Bertz CT molecular complexity index is 532. The molecule has 1 aromatic carbocycles. The summed E-state index contributed by atoms with van der Waals surface area (Å²) in [4.78, 5) is 14.8. The van der Waals surface area contributed by atoms with Crippen molar-refractivity contribution in [1.29, 1.82) is 0 Å². The quantitative estimate of drug-likeness (QED) is 0.882. The average molecular weight is 357 g/mol. The first-order chi connectivity index (χ1) is 11.2. The Balaban J connectivity index is 0.00000208. The number of rotatable bonds is 5. The molecule has 0 aromatic heterocycles. The predicted octanol–water partition coefficient (Wildman–Crippen LogP) is 2.90. The van der Waals surface area contributed by atoms with Crippen molar-refractivity contribution < 1.29 is 13.9 Å². The maximum Gasteiger partial charge on any atom is 0.224 e. The smallest absolute Gasteiger partial charge is 0.224 e. The Morgan fingerprint density at radius 1 is 1.33 bits per heavy atom. The summed E-state index contributed by atoms with van der Waals surface area (Å²) in [7, 11) is 0. The van der Waals surface area contributed by atoms with Gasteiger partial charge >= 0.3 is 0 Å². The fourth-order valence-corrected chi connectivity index (χ4v) is 3.55. The molecule has 6 heteroatoms. The Hall–Kier alpha value is -1.17. The van der Waals surface area contributed by atoms with Crippen LogP contribution in [0.3, 0.4) is 0 Å². The third-order valence-corrected chi connectivity index (χ3v) is 4.75. The molecule has 1 saturated heterocycles. The van der Waals surface area contributed by atoms with Gasteiger partial charge < -0.3 is 15.0 Å². The summed E-state index contributed by atoms with van der Waals surface area (Å²) in [5.74, 6) is -0.104. The van der Waals surface area contributed by atoms with E-state index in [1.54, 1.807) is 6.07 Å². The minimum Gasteiger partial charge on any atom is -0.378 e. The van der Waals surface area contributed by atoms with Crippen LogP contribution in [-0.2, 0) is 16.1 Å². The zero-order valence-electron chi connectivity index (χ0n) is 13.9. The van der Waals surface area contributed by atoms with Crippen molar-refractivity contribution in [2.45, 2.75) is 50.7 Å². The standard InChI is InChI=1S/C18H25FN2O2.ClH/c19-15-5-3-4-14(10-15)12-21(17-6-1-2-7-17)18(22)11-16-13-23-9-8-20-16;/h3-5,10,16-17,20H,1-2,6-9,11-13H2;1H. The molecule has 134 valence electrons. The molecule has 2 fully saturated rings. The summed E-state index contributed by atoms with van der Waals surface area (Å²) < 4.78 is 18.9. The molecule has 1 saturated carbocycles. The second-order valence-electron chi connectivity index (χ2n) is 6.52. The summed E-state index contributed by atoms with van der Waals surface area (Å²) in [6, 6.07) is 6.94. The molecule has 1 aromatic rings. The minimum atomic E-state index is -0.247. The normalized spacial score (nSPS) is 21.3. The van der Waals surface area contributed by atoms with Gasteiger partial charge in [-0.05, 0) is 30.5 Å². The topological polar surface area (TPSA) is 41.6 Å². The van der Waals surface area contributed by atoms with Crippen LogP contribution in [0.1, 0.15) is 37.7 Å². The van der Waals surface area contributed by atoms with E-state index in [1.165, 1.54) is 25.0 Å². The summed E-state index contributed by atoms with van der Waals surface area (Å²) in [6.45, 7) is 2.59. The van der Waals surface area contributed by atoms with Crippen LogP contribution in [0.5, 0.6) is 0 Å². The lowest BCUT2D eigenvalue weighted by atomic mass is 10.1. The maximum atomic E-state index is 13.4. The van der Waals surface area contributed by atoms with Gasteiger partial charge in [0.2, 0.25) is 5.91 Å². The number of morpholine rings is 1. The van der Waals surface area contributed by atoms with Crippen molar-refractivity contribution in [3.05, 3.63) is 35.6 Å². The van der Waals surface area contributed by atoms with Gasteiger partial charge in [0, 0.05) is 31.6 Å². The first-order valence-corrected chi connectivity index (χ1v) is 8.57. The van der Waals surface area contributed by atoms with E-state index < -0.39 is 0 Å². The zero-order valence-corrected chi connectivity index (χ0v) is 14.7. The largest absolute Gasteiger partial charge is 0.378 e. The monoisotopic (exact) mass is 356 g/mol. The number of carbonyl (C=O) groups is 1. The number of ether oxygens (including phenoxy) is 1. The highest BCUT2D eigenvalue weighted by Gasteiger charge is 2.28. The van der Waals surface area contributed by atoms with Crippen molar-refractivity contribution in [1.82, 2.24) is 10.2 Å². The number of amides is 1. The minimum absolute atomic E-state index is 0. The Morgan fingerprint density at radius 3 is 2.79 bits per heavy atom. The van der Waals surface area contributed by atoms with E-state index in [0.717, 1.165) is 24.9 Å². The molecular weight excluding hydrogens is 331 g/mol. The van der Waals surface area contributed by atoms with Crippen LogP contribution in [0.2, 0.25) is 0 Å². The summed E-state index contributed by atoms with van der Waals surface area (Å²) in [6.07, 6.45) is 4.89. The molecule has 4 nitrogen and oxygen atoms in total. The molecule has 0 bridgehead atoms. The number of nitrogens with zero attached hydrogens (tertiary/aromatic N) is 1. The van der Waals surface area contributed by atoms with Crippen molar-refractivity contribution in [3.63, 3.8) is 0 Å². The molecule has 24 heavy (non-hydrogen) atoms.